The molecular weight excluding hydrogens is 355 g/mol. The molecule has 0 saturated heterocycles. The Morgan fingerprint density at radius 2 is 1.60 bits per heavy atom. The highest BCUT2D eigenvalue weighted by Crippen LogP contribution is 2.27. The fraction of sp³-hybridized carbons (Fsp3) is 0.150. The zero-order valence-corrected chi connectivity index (χ0v) is 15.1. The Labute approximate surface area is 157 Å². The van der Waals surface area contributed by atoms with E-state index in [4.69, 9.17) is 27.9 Å². The van der Waals surface area contributed by atoms with Crippen LogP contribution in [0, 0.1) is 0 Å². The van der Waals surface area contributed by atoms with Gasteiger partial charge in [-0.25, -0.2) is 0 Å². The maximum Gasteiger partial charge on any atom is 0.124 e. The lowest BCUT2D eigenvalue weighted by molar-refractivity contribution is 0.302. The summed E-state index contributed by atoms with van der Waals surface area (Å²) in [6, 6.07) is 19.3. The Bertz CT molecular complexity index is 805. The van der Waals surface area contributed by atoms with Gasteiger partial charge in [-0.3, -0.25) is 4.98 Å². The maximum atomic E-state index is 6.20. The summed E-state index contributed by atoms with van der Waals surface area (Å²) < 4.78 is 5.96. The fourth-order valence-electron chi connectivity index (χ4n) is 2.44. The van der Waals surface area contributed by atoms with E-state index in [1.165, 1.54) is 0 Å². The standard InChI is InChI=1S/C20H18Cl2N2O/c21-18-8-5-9-19(22)17(18)14-25-20-10-2-1-6-15(20)12-23-13-16-7-3-4-11-24-16/h1-11,23H,12-14H2. The van der Waals surface area contributed by atoms with Crippen molar-refractivity contribution in [1.82, 2.24) is 10.3 Å². The summed E-state index contributed by atoms with van der Waals surface area (Å²) in [5.74, 6) is 0.812. The molecule has 25 heavy (non-hydrogen) atoms. The predicted molar refractivity (Wildman–Crippen MR) is 102 cm³/mol. The van der Waals surface area contributed by atoms with E-state index in [2.05, 4.69) is 10.3 Å². The minimum atomic E-state index is 0.329. The first-order chi connectivity index (χ1) is 12.2. The normalized spacial score (nSPS) is 10.6. The van der Waals surface area contributed by atoms with Crippen molar-refractivity contribution < 1.29 is 4.74 Å². The maximum absolute atomic E-state index is 6.20. The monoisotopic (exact) mass is 372 g/mol. The third kappa shape index (κ3) is 4.95. The van der Waals surface area contributed by atoms with Gasteiger partial charge in [0.25, 0.3) is 0 Å². The van der Waals surface area contributed by atoms with Crippen LogP contribution in [0.4, 0.5) is 0 Å². The summed E-state index contributed by atoms with van der Waals surface area (Å²) in [5, 5.41) is 4.60. The van der Waals surface area contributed by atoms with Gasteiger partial charge < -0.3 is 10.1 Å². The van der Waals surface area contributed by atoms with Gasteiger partial charge in [0.05, 0.1) is 5.69 Å². The Morgan fingerprint density at radius 1 is 0.840 bits per heavy atom. The second-order valence-corrected chi connectivity index (χ2v) is 6.34. The second-order valence-electron chi connectivity index (χ2n) is 5.52. The number of halogens is 2. The van der Waals surface area contributed by atoms with Crippen LogP contribution in [0.1, 0.15) is 16.8 Å². The first kappa shape index (κ1) is 17.7. The van der Waals surface area contributed by atoms with Crippen LogP contribution in [-0.4, -0.2) is 4.98 Å². The summed E-state index contributed by atoms with van der Waals surface area (Å²) in [7, 11) is 0. The number of nitrogens with zero attached hydrogens (tertiary/aromatic N) is 1. The second kappa shape index (κ2) is 8.86. The van der Waals surface area contributed by atoms with Crippen molar-refractivity contribution in [2.24, 2.45) is 0 Å². The Hall–Kier alpha value is -2.07. The minimum absolute atomic E-state index is 0.329. The van der Waals surface area contributed by atoms with Gasteiger partial charge >= 0.3 is 0 Å². The number of pyridine rings is 1. The van der Waals surface area contributed by atoms with Crippen LogP contribution >= 0.6 is 23.2 Å². The van der Waals surface area contributed by atoms with Crippen LogP contribution in [0.3, 0.4) is 0 Å². The van der Waals surface area contributed by atoms with Crippen molar-refractivity contribution in [3.63, 3.8) is 0 Å². The highest BCUT2D eigenvalue weighted by molar-refractivity contribution is 6.35. The zero-order valence-electron chi connectivity index (χ0n) is 13.6. The SMILES string of the molecule is Clc1cccc(Cl)c1COc1ccccc1CNCc1ccccn1. The molecule has 1 aromatic heterocycles. The van der Waals surface area contributed by atoms with Gasteiger partial charge in [0.2, 0.25) is 0 Å². The van der Waals surface area contributed by atoms with Gasteiger partial charge in [0.15, 0.2) is 0 Å². The Balaban J connectivity index is 1.63. The van der Waals surface area contributed by atoms with E-state index in [-0.39, 0.29) is 0 Å². The van der Waals surface area contributed by atoms with E-state index < -0.39 is 0 Å². The molecule has 0 atom stereocenters. The van der Waals surface area contributed by atoms with E-state index >= 15 is 0 Å². The number of nitrogens with one attached hydrogen (secondary N) is 1. The molecule has 3 aromatic rings. The Morgan fingerprint density at radius 3 is 2.36 bits per heavy atom. The molecule has 3 rings (SSSR count). The molecule has 128 valence electrons. The van der Waals surface area contributed by atoms with Gasteiger partial charge in [-0.2, -0.15) is 0 Å². The van der Waals surface area contributed by atoms with Crippen molar-refractivity contribution >= 4 is 23.2 Å². The lowest BCUT2D eigenvalue weighted by Crippen LogP contribution is -2.14. The molecule has 0 aliphatic carbocycles. The third-order valence-corrected chi connectivity index (χ3v) is 4.46. The van der Waals surface area contributed by atoms with Crippen LogP contribution < -0.4 is 10.1 Å². The van der Waals surface area contributed by atoms with Crippen molar-refractivity contribution in [1.29, 1.82) is 0 Å². The number of hydrogen-bond donors (Lipinski definition) is 1. The molecule has 1 N–H and O–H groups in total. The number of para-hydroxylation sites is 1. The molecule has 2 aromatic carbocycles. The lowest BCUT2D eigenvalue weighted by Gasteiger charge is -2.13. The first-order valence-corrected chi connectivity index (χ1v) is 8.74. The molecule has 0 spiro atoms. The molecule has 0 aliphatic heterocycles. The zero-order chi connectivity index (χ0) is 17.5. The van der Waals surface area contributed by atoms with Gasteiger partial charge in [-0.05, 0) is 30.3 Å². The van der Waals surface area contributed by atoms with Gasteiger partial charge in [0.1, 0.15) is 12.4 Å². The van der Waals surface area contributed by atoms with Crippen molar-refractivity contribution in [2.75, 3.05) is 0 Å². The van der Waals surface area contributed by atoms with E-state index in [0.717, 1.165) is 22.6 Å². The van der Waals surface area contributed by atoms with Crippen LogP contribution in [0.15, 0.2) is 66.9 Å². The summed E-state index contributed by atoms with van der Waals surface area (Å²) in [6.45, 7) is 1.71. The molecule has 0 aliphatic rings. The lowest BCUT2D eigenvalue weighted by atomic mass is 10.2. The van der Waals surface area contributed by atoms with Crippen molar-refractivity contribution in [2.45, 2.75) is 19.7 Å². The minimum Gasteiger partial charge on any atom is -0.488 e. The molecule has 3 nitrogen and oxygen atoms in total. The average Bonchev–Trinajstić information content (AvgIpc) is 2.63. The summed E-state index contributed by atoms with van der Waals surface area (Å²) in [5.41, 5.74) is 2.87. The number of ether oxygens (including phenoxy) is 1. The molecular formula is C20H18Cl2N2O. The molecule has 1 heterocycles. The quantitative estimate of drug-likeness (QED) is 0.614. The first-order valence-electron chi connectivity index (χ1n) is 7.98. The predicted octanol–water partition coefficient (Wildman–Crippen LogP) is 5.26. The molecule has 0 fully saturated rings. The third-order valence-electron chi connectivity index (χ3n) is 3.75. The summed E-state index contributed by atoms with van der Waals surface area (Å²) in [6.07, 6.45) is 1.79. The molecule has 0 saturated carbocycles. The van der Waals surface area contributed by atoms with E-state index in [0.29, 0.717) is 29.7 Å². The Kier molecular flexibility index (Phi) is 6.29. The van der Waals surface area contributed by atoms with Crippen molar-refractivity contribution in [3.8, 4) is 5.75 Å². The highest BCUT2D eigenvalue weighted by Gasteiger charge is 2.08. The van der Waals surface area contributed by atoms with E-state index in [1.807, 2.05) is 60.7 Å². The largest absolute Gasteiger partial charge is 0.488 e. The number of aromatic nitrogens is 1. The average molecular weight is 373 g/mol. The van der Waals surface area contributed by atoms with Crippen LogP contribution in [0.2, 0.25) is 10.0 Å². The number of rotatable bonds is 7. The summed E-state index contributed by atoms with van der Waals surface area (Å²) >= 11 is 12.4. The topological polar surface area (TPSA) is 34.1 Å². The smallest absolute Gasteiger partial charge is 0.124 e. The highest BCUT2D eigenvalue weighted by atomic mass is 35.5. The van der Waals surface area contributed by atoms with Crippen LogP contribution in [0.25, 0.3) is 0 Å². The van der Waals surface area contributed by atoms with E-state index in [1.54, 1.807) is 6.20 Å². The van der Waals surface area contributed by atoms with Gasteiger partial charge in [0, 0.05) is 40.5 Å². The number of hydrogen-bond acceptors (Lipinski definition) is 3. The molecule has 0 bridgehead atoms. The van der Waals surface area contributed by atoms with Crippen LogP contribution in [0.5, 0.6) is 5.75 Å². The van der Waals surface area contributed by atoms with Crippen molar-refractivity contribution in [3.05, 3.63) is 93.7 Å². The molecule has 0 unspecified atom stereocenters. The molecule has 0 radical (unpaired) electrons. The summed E-state index contributed by atoms with van der Waals surface area (Å²) in [4.78, 5) is 4.30. The number of benzene rings is 2. The van der Waals surface area contributed by atoms with Gasteiger partial charge in [-0.15, -0.1) is 0 Å². The van der Waals surface area contributed by atoms with Gasteiger partial charge in [-0.1, -0.05) is 53.5 Å². The van der Waals surface area contributed by atoms with Crippen LogP contribution in [-0.2, 0) is 19.7 Å². The fourth-order valence-corrected chi connectivity index (χ4v) is 2.95. The molecule has 0 amide bonds. The molecule has 5 heteroatoms. The van der Waals surface area contributed by atoms with E-state index in [9.17, 15) is 0 Å².